The van der Waals surface area contributed by atoms with Crippen molar-refractivity contribution in [2.45, 2.75) is 77.3 Å². The molecule has 33 heavy (non-hydrogen) atoms. The highest BCUT2D eigenvalue weighted by atomic mass is 16.6. The van der Waals surface area contributed by atoms with E-state index in [1.54, 1.807) is 0 Å². The minimum absolute atomic E-state index is 0.0529. The number of rotatable bonds is 8. The lowest BCUT2D eigenvalue weighted by Crippen LogP contribution is -2.47. The van der Waals surface area contributed by atoms with E-state index in [1.165, 1.54) is 42.5 Å². The number of likely N-dealkylation sites (N-methyl/N-ethyl adjacent to an activating group) is 1. The predicted octanol–water partition coefficient (Wildman–Crippen LogP) is 6.74. The highest BCUT2D eigenvalue weighted by molar-refractivity contribution is 5.86. The molecule has 1 saturated heterocycles. The van der Waals surface area contributed by atoms with E-state index in [2.05, 4.69) is 62.0 Å². The van der Waals surface area contributed by atoms with Crippen molar-refractivity contribution in [1.82, 2.24) is 4.90 Å². The Morgan fingerprint density at radius 1 is 1.15 bits per heavy atom. The number of ether oxygens (including phenoxy) is 1. The number of benzene rings is 2. The molecule has 2 aromatic rings. The molecule has 2 aliphatic heterocycles. The maximum absolute atomic E-state index is 12.5. The third-order valence-electron chi connectivity index (χ3n) is 7.50. The number of amides is 1. The van der Waals surface area contributed by atoms with Crippen LogP contribution in [0.5, 0.6) is 5.75 Å². The Hall–Kier alpha value is -2.53. The number of nitrogens with one attached hydrogen (secondary N) is 1. The Kier molecular flexibility index (Phi) is 6.99. The van der Waals surface area contributed by atoms with Crippen molar-refractivity contribution in [1.29, 1.82) is 0 Å². The minimum Gasteiger partial charge on any atom is -0.410 e. The van der Waals surface area contributed by atoms with Gasteiger partial charge in [0.15, 0.2) is 0 Å². The van der Waals surface area contributed by atoms with Gasteiger partial charge in [0.05, 0.1) is 6.17 Å². The molecule has 2 heterocycles. The third-order valence-corrected chi connectivity index (χ3v) is 7.50. The first-order valence-corrected chi connectivity index (χ1v) is 12.5. The van der Waals surface area contributed by atoms with Crippen molar-refractivity contribution in [2.24, 2.45) is 0 Å². The molecule has 0 spiro atoms. The first-order chi connectivity index (χ1) is 15.8. The third kappa shape index (κ3) is 4.74. The first-order valence-electron chi connectivity index (χ1n) is 12.5. The predicted molar refractivity (Wildman–Crippen MR) is 136 cm³/mol. The Morgan fingerprint density at radius 2 is 1.91 bits per heavy atom. The van der Waals surface area contributed by atoms with Gasteiger partial charge in [-0.1, -0.05) is 59.1 Å². The summed E-state index contributed by atoms with van der Waals surface area (Å²) in [5, 5.41) is 2.85. The highest BCUT2D eigenvalue weighted by Crippen LogP contribution is 2.52. The number of fused-ring (bicyclic) bond motifs is 3. The number of likely N-dealkylation sites (tertiary alicyclic amines) is 1. The SMILES string of the molecule is CCCCCCN1CC[C@@]2(C)c3cc(OC(=O)Nc4ccc(C(C)C)cc4)ccc3N(C)C12. The van der Waals surface area contributed by atoms with Crippen molar-refractivity contribution in [3.05, 3.63) is 53.6 Å². The zero-order chi connectivity index (χ0) is 23.6. The van der Waals surface area contributed by atoms with Crippen molar-refractivity contribution >= 4 is 17.5 Å². The van der Waals surface area contributed by atoms with Gasteiger partial charge in [-0.3, -0.25) is 10.2 Å². The van der Waals surface area contributed by atoms with E-state index in [0.29, 0.717) is 17.8 Å². The van der Waals surface area contributed by atoms with E-state index >= 15 is 0 Å². The quantitative estimate of drug-likeness (QED) is 0.453. The Balaban J connectivity index is 1.43. The topological polar surface area (TPSA) is 44.8 Å². The van der Waals surface area contributed by atoms with Gasteiger partial charge in [-0.05, 0) is 60.2 Å². The monoisotopic (exact) mass is 449 g/mol. The van der Waals surface area contributed by atoms with Crippen LogP contribution in [0.1, 0.15) is 76.8 Å². The molecule has 178 valence electrons. The van der Waals surface area contributed by atoms with Crippen molar-refractivity contribution in [2.75, 3.05) is 30.4 Å². The van der Waals surface area contributed by atoms with Crippen LogP contribution in [0.15, 0.2) is 42.5 Å². The molecule has 1 N–H and O–H groups in total. The molecule has 0 aliphatic carbocycles. The van der Waals surface area contributed by atoms with Gasteiger partial charge in [-0.15, -0.1) is 0 Å². The second-order valence-electron chi connectivity index (χ2n) is 10.2. The first kappa shape index (κ1) is 23.6. The van der Waals surface area contributed by atoms with Crippen LogP contribution in [0, 0.1) is 0 Å². The van der Waals surface area contributed by atoms with E-state index in [1.807, 2.05) is 30.3 Å². The zero-order valence-corrected chi connectivity index (χ0v) is 20.9. The lowest BCUT2D eigenvalue weighted by molar-refractivity contribution is 0.214. The smallest absolute Gasteiger partial charge is 0.410 e. The number of hydrogen-bond donors (Lipinski definition) is 1. The van der Waals surface area contributed by atoms with Crippen molar-refractivity contribution in [3.8, 4) is 5.75 Å². The number of anilines is 2. The summed E-state index contributed by atoms with van der Waals surface area (Å²) in [6, 6.07) is 14.0. The van der Waals surface area contributed by atoms with Gasteiger partial charge < -0.3 is 9.64 Å². The van der Waals surface area contributed by atoms with Crippen LogP contribution >= 0.6 is 0 Å². The van der Waals surface area contributed by atoms with Crippen molar-refractivity contribution in [3.63, 3.8) is 0 Å². The van der Waals surface area contributed by atoms with Gasteiger partial charge in [-0.2, -0.15) is 0 Å². The van der Waals surface area contributed by atoms with E-state index in [-0.39, 0.29) is 5.41 Å². The molecule has 4 rings (SSSR count). The molecular weight excluding hydrogens is 410 g/mol. The molecule has 5 nitrogen and oxygen atoms in total. The summed E-state index contributed by atoms with van der Waals surface area (Å²) in [5.41, 5.74) is 4.58. The van der Waals surface area contributed by atoms with E-state index in [9.17, 15) is 4.79 Å². The number of nitrogens with zero attached hydrogens (tertiary/aromatic N) is 2. The average Bonchev–Trinajstić information content (AvgIpc) is 3.23. The summed E-state index contributed by atoms with van der Waals surface area (Å²) >= 11 is 0. The van der Waals surface area contributed by atoms with Gasteiger partial charge in [-0.25, -0.2) is 4.79 Å². The fraction of sp³-hybridized carbons (Fsp3) is 0.536. The second kappa shape index (κ2) is 9.76. The molecule has 0 aromatic heterocycles. The molecule has 1 fully saturated rings. The van der Waals surface area contributed by atoms with Crippen LogP contribution in [0.25, 0.3) is 0 Å². The van der Waals surface area contributed by atoms with Crippen molar-refractivity contribution < 1.29 is 9.53 Å². The Labute approximate surface area is 199 Å². The van der Waals surface area contributed by atoms with Crippen LogP contribution in [0.2, 0.25) is 0 Å². The second-order valence-corrected chi connectivity index (χ2v) is 10.2. The molecule has 1 amide bonds. The van der Waals surface area contributed by atoms with Gasteiger partial charge >= 0.3 is 6.09 Å². The van der Waals surface area contributed by atoms with Crippen LogP contribution in [-0.2, 0) is 5.41 Å². The van der Waals surface area contributed by atoms with Gasteiger partial charge in [0.2, 0.25) is 0 Å². The maximum Gasteiger partial charge on any atom is 0.417 e. The number of carbonyl (C=O) groups is 1. The van der Waals surface area contributed by atoms with E-state index in [4.69, 9.17) is 4.74 Å². The van der Waals surface area contributed by atoms with E-state index in [0.717, 1.165) is 25.2 Å². The molecular formula is C28H39N3O2. The molecule has 1 unspecified atom stereocenters. The highest BCUT2D eigenvalue weighted by Gasteiger charge is 2.53. The summed E-state index contributed by atoms with van der Waals surface area (Å²) < 4.78 is 5.69. The molecule has 0 bridgehead atoms. The number of carbonyl (C=O) groups excluding carboxylic acids is 1. The van der Waals surface area contributed by atoms with Crippen LogP contribution in [-0.4, -0.2) is 37.3 Å². The van der Waals surface area contributed by atoms with Gasteiger partial charge in [0, 0.05) is 36.9 Å². The molecule has 0 saturated carbocycles. The Bertz CT molecular complexity index is 972. The summed E-state index contributed by atoms with van der Waals surface area (Å²) in [5.74, 6) is 1.06. The molecule has 2 aromatic carbocycles. The van der Waals surface area contributed by atoms with Gasteiger partial charge in [0.25, 0.3) is 0 Å². The molecule has 2 aliphatic rings. The van der Waals surface area contributed by atoms with Crippen LogP contribution in [0.3, 0.4) is 0 Å². The average molecular weight is 450 g/mol. The standard InChI is InChI=1S/C28H39N3O2/c1-6-7-8-9-17-31-18-16-28(4)24-19-23(14-15-25(24)30(5)26(28)31)33-27(32)29-22-12-10-21(11-13-22)20(2)3/h10-15,19-20,26H,6-9,16-18H2,1-5H3,(H,29,32)/t26?,28-/m0/s1. The Morgan fingerprint density at radius 3 is 2.61 bits per heavy atom. The summed E-state index contributed by atoms with van der Waals surface area (Å²) in [4.78, 5) is 17.6. The number of hydrogen-bond acceptors (Lipinski definition) is 4. The minimum atomic E-state index is -0.454. The fourth-order valence-corrected chi connectivity index (χ4v) is 5.63. The van der Waals surface area contributed by atoms with E-state index < -0.39 is 6.09 Å². The maximum atomic E-state index is 12.5. The van der Waals surface area contributed by atoms with Crippen LogP contribution < -0.4 is 15.0 Å². The lowest BCUT2D eigenvalue weighted by atomic mass is 9.81. The lowest BCUT2D eigenvalue weighted by Gasteiger charge is -2.34. The zero-order valence-electron chi connectivity index (χ0n) is 20.9. The largest absolute Gasteiger partial charge is 0.417 e. The molecule has 5 heteroatoms. The summed E-state index contributed by atoms with van der Waals surface area (Å²) in [6.07, 6.45) is 6.20. The molecule has 2 atom stereocenters. The fourth-order valence-electron chi connectivity index (χ4n) is 5.63. The molecule has 0 radical (unpaired) electrons. The number of unbranched alkanes of at least 4 members (excludes halogenated alkanes) is 3. The normalized spacial score (nSPS) is 21.9. The van der Waals surface area contributed by atoms with Gasteiger partial charge in [0.1, 0.15) is 5.75 Å². The van der Waals surface area contributed by atoms with Crippen LogP contribution in [0.4, 0.5) is 16.2 Å². The summed E-state index contributed by atoms with van der Waals surface area (Å²) in [6.45, 7) is 11.2. The summed E-state index contributed by atoms with van der Waals surface area (Å²) in [7, 11) is 2.20.